The highest BCUT2D eigenvalue weighted by atomic mass is 15.3. The molecule has 94 valence electrons. The lowest BCUT2D eigenvalue weighted by Gasteiger charge is -2.33. The lowest BCUT2D eigenvalue weighted by Crippen LogP contribution is -2.38. The first-order valence-electron chi connectivity index (χ1n) is 6.40. The minimum Gasteiger partial charge on any atom is -0.373 e. The molecule has 0 bridgehead atoms. The second-order valence-corrected chi connectivity index (χ2v) is 5.20. The molecule has 0 radical (unpaired) electrons. The zero-order valence-corrected chi connectivity index (χ0v) is 11.2. The summed E-state index contributed by atoms with van der Waals surface area (Å²) >= 11 is 0. The quantitative estimate of drug-likeness (QED) is 0.872. The molecule has 1 saturated heterocycles. The Balaban J connectivity index is 2.37. The van der Waals surface area contributed by atoms with Crippen LogP contribution in [0.3, 0.4) is 0 Å². The summed E-state index contributed by atoms with van der Waals surface area (Å²) < 4.78 is 0. The van der Waals surface area contributed by atoms with Crippen molar-refractivity contribution in [1.29, 1.82) is 0 Å². The molecule has 2 heterocycles. The minimum absolute atomic E-state index is 0.213. The van der Waals surface area contributed by atoms with Crippen LogP contribution >= 0.6 is 0 Å². The molecule has 0 aromatic carbocycles. The standard InChI is InChI=1S/C13H22N4/c1-5-10-15-11(14-4)9-12(16-10)17-8-6-7-13(17,2)3/h9H,5-8H2,1-4H3,(H,14,15,16). The lowest BCUT2D eigenvalue weighted by molar-refractivity contribution is 0.513. The monoisotopic (exact) mass is 234 g/mol. The summed E-state index contributed by atoms with van der Waals surface area (Å²) in [5, 5.41) is 3.12. The van der Waals surface area contributed by atoms with Crippen molar-refractivity contribution in [2.75, 3.05) is 23.8 Å². The van der Waals surface area contributed by atoms with E-state index in [0.29, 0.717) is 0 Å². The second kappa shape index (κ2) is 4.51. The van der Waals surface area contributed by atoms with Gasteiger partial charge in [0.15, 0.2) is 0 Å². The first-order valence-corrected chi connectivity index (χ1v) is 6.40. The number of nitrogens with one attached hydrogen (secondary N) is 1. The van der Waals surface area contributed by atoms with Gasteiger partial charge < -0.3 is 10.2 Å². The van der Waals surface area contributed by atoms with Gasteiger partial charge in [-0.15, -0.1) is 0 Å². The maximum atomic E-state index is 4.65. The fraction of sp³-hybridized carbons (Fsp3) is 0.692. The van der Waals surface area contributed by atoms with Crippen LogP contribution in [-0.2, 0) is 6.42 Å². The van der Waals surface area contributed by atoms with Crippen molar-refractivity contribution >= 4 is 11.6 Å². The third kappa shape index (κ3) is 2.35. The molecule has 0 aliphatic carbocycles. The van der Waals surface area contributed by atoms with Crippen molar-refractivity contribution in [3.8, 4) is 0 Å². The van der Waals surface area contributed by atoms with E-state index in [0.717, 1.165) is 30.4 Å². The van der Waals surface area contributed by atoms with Gasteiger partial charge in [0, 0.05) is 31.6 Å². The fourth-order valence-corrected chi connectivity index (χ4v) is 2.44. The van der Waals surface area contributed by atoms with Crippen LogP contribution < -0.4 is 10.2 Å². The van der Waals surface area contributed by atoms with Crippen molar-refractivity contribution < 1.29 is 0 Å². The Kier molecular flexibility index (Phi) is 3.22. The summed E-state index contributed by atoms with van der Waals surface area (Å²) in [6, 6.07) is 2.05. The number of hydrogen-bond donors (Lipinski definition) is 1. The Morgan fingerprint density at radius 3 is 2.71 bits per heavy atom. The summed E-state index contributed by atoms with van der Waals surface area (Å²) in [7, 11) is 1.90. The third-order valence-electron chi connectivity index (χ3n) is 3.51. The van der Waals surface area contributed by atoms with E-state index in [4.69, 9.17) is 0 Å². The molecule has 0 unspecified atom stereocenters. The van der Waals surface area contributed by atoms with Gasteiger partial charge in [-0.3, -0.25) is 0 Å². The van der Waals surface area contributed by atoms with Crippen LogP contribution in [0.2, 0.25) is 0 Å². The minimum atomic E-state index is 0.213. The first kappa shape index (κ1) is 12.1. The molecule has 1 aromatic rings. The number of aromatic nitrogens is 2. The molecule has 17 heavy (non-hydrogen) atoms. The normalized spacial score (nSPS) is 18.5. The van der Waals surface area contributed by atoms with Crippen LogP contribution in [0.5, 0.6) is 0 Å². The van der Waals surface area contributed by atoms with E-state index < -0.39 is 0 Å². The molecule has 1 aliphatic heterocycles. The van der Waals surface area contributed by atoms with Gasteiger partial charge >= 0.3 is 0 Å². The molecular formula is C13H22N4. The van der Waals surface area contributed by atoms with Gasteiger partial charge in [0.25, 0.3) is 0 Å². The van der Waals surface area contributed by atoms with Crippen LogP contribution in [0.25, 0.3) is 0 Å². The summed E-state index contributed by atoms with van der Waals surface area (Å²) in [5.74, 6) is 2.88. The molecule has 4 nitrogen and oxygen atoms in total. The van der Waals surface area contributed by atoms with Gasteiger partial charge in [-0.25, -0.2) is 9.97 Å². The van der Waals surface area contributed by atoms with Crippen LogP contribution in [0.15, 0.2) is 6.07 Å². The molecule has 1 aliphatic rings. The average Bonchev–Trinajstić information content (AvgIpc) is 2.68. The molecule has 1 N–H and O–H groups in total. The van der Waals surface area contributed by atoms with Crippen molar-refractivity contribution in [2.24, 2.45) is 0 Å². The Morgan fingerprint density at radius 2 is 2.18 bits per heavy atom. The largest absolute Gasteiger partial charge is 0.373 e. The molecule has 4 heteroatoms. The highest BCUT2D eigenvalue weighted by Gasteiger charge is 2.33. The average molecular weight is 234 g/mol. The third-order valence-corrected chi connectivity index (χ3v) is 3.51. The molecule has 1 fully saturated rings. The van der Waals surface area contributed by atoms with Crippen molar-refractivity contribution in [2.45, 2.75) is 45.6 Å². The number of nitrogens with zero attached hydrogens (tertiary/aromatic N) is 3. The van der Waals surface area contributed by atoms with Crippen LogP contribution in [0, 0.1) is 0 Å². The number of aryl methyl sites for hydroxylation is 1. The molecular weight excluding hydrogens is 212 g/mol. The van der Waals surface area contributed by atoms with Gasteiger partial charge in [-0.2, -0.15) is 0 Å². The molecule has 1 aromatic heterocycles. The van der Waals surface area contributed by atoms with Gasteiger partial charge in [0.2, 0.25) is 0 Å². The first-order chi connectivity index (χ1) is 8.06. The van der Waals surface area contributed by atoms with Gasteiger partial charge in [0.05, 0.1) is 0 Å². The van der Waals surface area contributed by atoms with Gasteiger partial charge in [-0.1, -0.05) is 6.92 Å². The lowest BCUT2D eigenvalue weighted by atomic mass is 10.0. The fourth-order valence-electron chi connectivity index (χ4n) is 2.44. The van der Waals surface area contributed by atoms with Crippen molar-refractivity contribution in [3.05, 3.63) is 11.9 Å². The second-order valence-electron chi connectivity index (χ2n) is 5.20. The summed E-state index contributed by atoms with van der Waals surface area (Å²) in [4.78, 5) is 11.5. The Morgan fingerprint density at radius 1 is 1.41 bits per heavy atom. The van der Waals surface area contributed by atoms with E-state index in [1.54, 1.807) is 0 Å². The Hall–Kier alpha value is -1.32. The van der Waals surface area contributed by atoms with E-state index in [1.165, 1.54) is 12.8 Å². The predicted octanol–water partition coefficient (Wildman–Crippen LogP) is 2.46. The summed E-state index contributed by atoms with van der Waals surface area (Å²) in [6.45, 7) is 7.75. The topological polar surface area (TPSA) is 41.1 Å². The Bertz CT molecular complexity index is 378. The van der Waals surface area contributed by atoms with Gasteiger partial charge in [0.1, 0.15) is 17.5 Å². The smallest absolute Gasteiger partial charge is 0.134 e. The zero-order valence-electron chi connectivity index (χ0n) is 11.2. The summed E-state index contributed by atoms with van der Waals surface area (Å²) in [6.07, 6.45) is 3.34. The van der Waals surface area contributed by atoms with E-state index in [2.05, 4.69) is 41.0 Å². The molecule has 0 saturated carbocycles. The molecule has 2 rings (SSSR count). The van der Waals surface area contributed by atoms with E-state index in [-0.39, 0.29) is 5.54 Å². The SMILES string of the molecule is CCc1nc(NC)cc(N2CCCC2(C)C)n1. The van der Waals surface area contributed by atoms with E-state index >= 15 is 0 Å². The number of anilines is 2. The highest BCUT2D eigenvalue weighted by molar-refractivity contribution is 5.51. The summed E-state index contributed by atoms with van der Waals surface area (Å²) in [5.41, 5.74) is 0.213. The molecule has 0 atom stereocenters. The predicted molar refractivity (Wildman–Crippen MR) is 71.6 cm³/mol. The molecule has 0 amide bonds. The van der Waals surface area contributed by atoms with E-state index in [9.17, 15) is 0 Å². The van der Waals surface area contributed by atoms with Gasteiger partial charge in [-0.05, 0) is 26.7 Å². The maximum absolute atomic E-state index is 4.65. The number of hydrogen-bond acceptors (Lipinski definition) is 4. The van der Waals surface area contributed by atoms with Crippen LogP contribution in [0.1, 0.15) is 39.4 Å². The molecule has 0 spiro atoms. The van der Waals surface area contributed by atoms with Crippen LogP contribution in [0.4, 0.5) is 11.6 Å². The zero-order chi connectivity index (χ0) is 12.5. The van der Waals surface area contributed by atoms with Crippen molar-refractivity contribution in [1.82, 2.24) is 9.97 Å². The maximum Gasteiger partial charge on any atom is 0.134 e. The van der Waals surface area contributed by atoms with E-state index in [1.807, 2.05) is 13.1 Å². The van der Waals surface area contributed by atoms with Crippen LogP contribution in [-0.4, -0.2) is 29.1 Å². The highest BCUT2D eigenvalue weighted by Crippen LogP contribution is 2.33. The Labute approximate surface area is 103 Å². The van der Waals surface area contributed by atoms with Crippen molar-refractivity contribution in [3.63, 3.8) is 0 Å². The number of rotatable bonds is 3.